The number of halogens is 1. The summed E-state index contributed by atoms with van der Waals surface area (Å²) in [7, 11) is 0. The highest BCUT2D eigenvalue weighted by atomic mass is 79.9. The summed E-state index contributed by atoms with van der Waals surface area (Å²) in [5.74, 6) is 1.30. The summed E-state index contributed by atoms with van der Waals surface area (Å²) in [6.45, 7) is 5.85. The third-order valence-corrected chi connectivity index (χ3v) is 3.57. The van der Waals surface area contributed by atoms with Crippen LogP contribution in [-0.4, -0.2) is 19.7 Å². The molecule has 0 amide bonds. The van der Waals surface area contributed by atoms with Gasteiger partial charge in [-0.3, -0.25) is 10.1 Å². The normalized spacial score (nSPS) is 11.1. The molecule has 0 aliphatic rings. The molecule has 0 N–H and O–H groups in total. The maximum absolute atomic E-state index is 11.2. The van der Waals surface area contributed by atoms with Gasteiger partial charge in [0.25, 0.3) is 5.69 Å². The number of hydrogen-bond acceptors (Lipinski definition) is 4. The van der Waals surface area contributed by atoms with E-state index in [4.69, 9.17) is 0 Å². The third-order valence-electron chi connectivity index (χ3n) is 3.07. The SMILES string of the molecule is Cc1cccc([N+](=O)[O-])c1-c1nnc(CBr)n1C(C)C. The molecule has 1 aromatic heterocycles. The Kier molecular flexibility index (Phi) is 4.17. The number of nitrogens with zero attached hydrogens (tertiary/aromatic N) is 4. The first-order chi connectivity index (χ1) is 9.47. The second-order valence-electron chi connectivity index (χ2n) is 4.76. The Morgan fingerprint density at radius 2 is 2.10 bits per heavy atom. The van der Waals surface area contributed by atoms with E-state index in [2.05, 4.69) is 26.1 Å². The number of nitro groups is 1. The van der Waals surface area contributed by atoms with E-state index >= 15 is 0 Å². The van der Waals surface area contributed by atoms with Crippen molar-refractivity contribution in [2.24, 2.45) is 0 Å². The van der Waals surface area contributed by atoms with Gasteiger partial charge in [0.05, 0.1) is 15.8 Å². The quantitative estimate of drug-likeness (QED) is 0.484. The van der Waals surface area contributed by atoms with Gasteiger partial charge in [0.15, 0.2) is 5.82 Å². The van der Waals surface area contributed by atoms with Crippen molar-refractivity contribution in [2.75, 3.05) is 0 Å². The number of nitro benzene ring substituents is 1. The second kappa shape index (κ2) is 5.70. The zero-order valence-electron chi connectivity index (χ0n) is 11.5. The highest BCUT2D eigenvalue weighted by Crippen LogP contribution is 2.33. The Morgan fingerprint density at radius 1 is 1.40 bits per heavy atom. The fourth-order valence-electron chi connectivity index (χ4n) is 2.22. The van der Waals surface area contributed by atoms with Gasteiger partial charge in [-0.1, -0.05) is 28.1 Å². The molecule has 7 heteroatoms. The highest BCUT2D eigenvalue weighted by molar-refractivity contribution is 9.08. The minimum Gasteiger partial charge on any atom is -0.308 e. The highest BCUT2D eigenvalue weighted by Gasteiger charge is 2.24. The molecule has 2 aromatic rings. The lowest BCUT2D eigenvalue weighted by molar-refractivity contribution is -0.384. The van der Waals surface area contributed by atoms with E-state index in [1.807, 2.05) is 31.4 Å². The van der Waals surface area contributed by atoms with Crippen molar-refractivity contribution in [1.82, 2.24) is 14.8 Å². The van der Waals surface area contributed by atoms with E-state index in [-0.39, 0.29) is 16.7 Å². The van der Waals surface area contributed by atoms with E-state index in [1.54, 1.807) is 6.07 Å². The van der Waals surface area contributed by atoms with Gasteiger partial charge in [-0.25, -0.2) is 0 Å². The third kappa shape index (κ3) is 2.45. The van der Waals surface area contributed by atoms with Gasteiger partial charge in [-0.2, -0.15) is 0 Å². The molecule has 1 heterocycles. The van der Waals surface area contributed by atoms with Gasteiger partial charge in [0.2, 0.25) is 0 Å². The minimum atomic E-state index is -0.379. The number of aromatic nitrogens is 3. The minimum absolute atomic E-state index is 0.0559. The number of aryl methyl sites for hydroxylation is 1. The lowest BCUT2D eigenvalue weighted by Gasteiger charge is -2.14. The molecule has 0 radical (unpaired) electrons. The molecule has 2 rings (SSSR count). The van der Waals surface area contributed by atoms with Crippen LogP contribution in [0.15, 0.2) is 18.2 Å². The van der Waals surface area contributed by atoms with Crippen LogP contribution >= 0.6 is 15.9 Å². The number of benzene rings is 1. The topological polar surface area (TPSA) is 73.8 Å². The van der Waals surface area contributed by atoms with Crippen LogP contribution in [0.4, 0.5) is 5.69 Å². The van der Waals surface area contributed by atoms with Gasteiger partial charge in [-0.05, 0) is 26.3 Å². The first kappa shape index (κ1) is 14.6. The zero-order valence-corrected chi connectivity index (χ0v) is 13.1. The van der Waals surface area contributed by atoms with Crippen molar-refractivity contribution in [3.8, 4) is 11.4 Å². The molecule has 0 fully saturated rings. The average molecular weight is 339 g/mol. The number of alkyl halides is 1. The molecular weight excluding hydrogens is 324 g/mol. The summed E-state index contributed by atoms with van der Waals surface area (Å²) in [5.41, 5.74) is 1.40. The lowest BCUT2D eigenvalue weighted by Crippen LogP contribution is -2.08. The summed E-state index contributed by atoms with van der Waals surface area (Å²) in [5, 5.41) is 20.1. The Bertz CT molecular complexity index is 652. The van der Waals surface area contributed by atoms with Crippen molar-refractivity contribution in [2.45, 2.75) is 32.1 Å². The van der Waals surface area contributed by atoms with Crippen LogP contribution in [0.1, 0.15) is 31.3 Å². The summed E-state index contributed by atoms with van der Waals surface area (Å²) >= 11 is 3.37. The molecule has 106 valence electrons. The van der Waals surface area contributed by atoms with Gasteiger partial charge < -0.3 is 4.57 Å². The monoisotopic (exact) mass is 338 g/mol. The molecule has 0 spiro atoms. The molecule has 0 saturated heterocycles. The Morgan fingerprint density at radius 3 is 2.65 bits per heavy atom. The number of rotatable bonds is 4. The Balaban J connectivity index is 2.75. The first-order valence-corrected chi connectivity index (χ1v) is 7.33. The van der Waals surface area contributed by atoms with E-state index < -0.39 is 0 Å². The van der Waals surface area contributed by atoms with Crippen LogP contribution in [0.5, 0.6) is 0 Å². The van der Waals surface area contributed by atoms with Crippen molar-refractivity contribution in [3.05, 3.63) is 39.7 Å². The van der Waals surface area contributed by atoms with E-state index in [0.29, 0.717) is 16.7 Å². The summed E-state index contributed by atoms with van der Waals surface area (Å²) in [4.78, 5) is 10.9. The molecule has 0 aliphatic heterocycles. The van der Waals surface area contributed by atoms with Gasteiger partial charge in [0.1, 0.15) is 5.82 Å². The Hall–Kier alpha value is -1.76. The summed E-state index contributed by atoms with van der Waals surface area (Å²) in [6, 6.07) is 5.13. The second-order valence-corrected chi connectivity index (χ2v) is 5.32. The maximum atomic E-state index is 11.2. The van der Waals surface area contributed by atoms with E-state index in [0.717, 1.165) is 11.4 Å². The van der Waals surface area contributed by atoms with Crippen LogP contribution in [0.25, 0.3) is 11.4 Å². The van der Waals surface area contributed by atoms with Gasteiger partial charge >= 0.3 is 0 Å². The molecule has 0 unspecified atom stereocenters. The standard InChI is InChI=1S/C13H15BrN4O2/c1-8(2)17-11(7-14)15-16-13(17)12-9(3)5-4-6-10(12)18(19)20/h4-6,8H,7H2,1-3H3. The van der Waals surface area contributed by atoms with Gasteiger partial charge in [-0.15, -0.1) is 10.2 Å². The lowest BCUT2D eigenvalue weighted by atomic mass is 10.1. The van der Waals surface area contributed by atoms with Crippen LogP contribution in [0.2, 0.25) is 0 Å². The zero-order chi connectivity index (χ0) is 14.9. The first-order valence-electron chi connectivity index (χ1n) is 6.21. The van der Waals surface area contributed by atoms with Crippen LogP contribution in [0.3, 0.4) is 0 Å². The molecule has 0 atom stereocenters. The van der Waals surface area contributed by atoms with Crippen molar-refractivity contribution >= 4 is 21.6 Å². The van der Waals surface area contributed by atoms with Gasteiger partial charge in [0, 0.05) is 12.1 Å². The molecule has 0 saturated carbocycles. The largest absolute Gasteiger partial charge is 0.308 e. The van der Waals surface area contributed by atoms with Crippen molar-refractivity contribution < 1.29 is 4.92 Å². The van der Waals surface area contributed by atoms with Crippen LogP contribution < -0.4 is 0 Å². The summed E-state index contributed by atoms with van der Waals surface area (Å²) < 4.78 is 1.92. The predicted octanol–water partition coefficient (Wildman–Crippen LogP) is 3.64. The maximum Gasteiger partial charge on any atom is 0.280 e. The summed E-state index contributed by atoms with van der Waals surface area (Å²) in [6.07, 6.45) is 0. The molecule has 6 nitrogen and oxygen atoms in total. The van der Waals surface area contributed by atoms with Crippen molar-refractivity contribution in [1.29, 1.82) is 0 Å². The van der Waals surface area contributed by atoms with Crippen LogP contribution in [0, 0.1) is 17.0 Å². The average Bonchev–Trinajstić information content (AvgIpc) is 2.81. The molecular formula is C13H15BrN4O2. The smallest absolute Gasteiger partial charge is 0.280 e. The van der Waals surface area contributed by atoms with E-state index in [1.165, 1.54) is 6.07 Å². The molecule has 20 heavy (non-hydrogen) atoms. The predicted molar refractivity (Wildman–Crippen MR) is 79.9 cm³/mol. The molecule has 0 aliphatic carbocycles. The number of hydrogen-bond donors (Lipinski definition) is 0. The molecule has 0 bridgehead atoms. The fourth-order valence-corrected chi connectivity index (χ4v) is 2.61. The molecule has 1 aromatic carbocycles. The Labute approximate surface area is 125 Å². The van der Waals surface area contributed by atoms with E-state index in [9.17, 15) is 10.1 Å². The van der Waals surface area contributed by atoms with Crippen LogP contribution in [-0.2, 0) is 5.33 Å². The fraction of sp³-hybridized carbons (Fsp3) is 0.385. The van der Waals surface area contributed by atoms with Crippen molar-refractivity contribution in [3.63, 3.8) is 0 Å².